The molecule has 2 heteroatoms. The fraction of sp³-hybridized carbons (Fsp3) is 0.895. The van der Waals surface area contributed by atoms with Crippen molar-refractivity contribution >= 4 is 0 Å². The molecule has 0 aromatic carbocycles. The van der Waals surface area contributed by atoms with Crippen molar-refractivity contribution in [1.29, 1.82) is 0 Å². The standard InChI is InChI=1S/C19H32O2/c1-13(11-14-8-10-18(2,21)12-14)15-6-7-16-17(20)5-4-9-19(15,16)3/h8,10,13-17,20-21H,4-7,9,11-12H2,1-3H3/t13-,14?,15?,16+,17?,18?,19-/m1/s1. The molecule has 0 saturated heterocycles. The molecular formula is C19H32O2. The third-order valence-electron chi connectivity index (χ3n) is 6.93. The molecule has 7 atom stereocenters. The lowest BCUT2D eigenvalue weighted by atomic mass is 9.61. The van der Waals surface area contributed by atoms with Gasteiger partial charge in [-0.25, -0.2) is 0 Å². The molecule has 0 bridgehead atoms. The summed E-state index contributed by atoms with van der Waals surface area (Å²) in [6, 6.07) is 0. The van der Waals surface area contributed by atoms with Crippen molar-refractivity contribution in [1.82, 2.24) is 0 Å². The van der Waals surface area contributed by atoms with E-state index in [1.807, 2.05) is 13.0 Å². The first-order chi connectivity index (χ1) is 9.82. The number of fused-ring (bicyclic) bond motifs is 1. The van der Waals surface area contributed by atoms with Gasteiger partial charge in [0.2, 0.25) is 0 Å². The first kappa shape index (κ1) is 15.6. The van der Waals surface area contributed by atoms with Crippen molar-refractivity contribution < 1.29 is 10.2 Å². The summed E-state index contributed by atoms with van der Waals surface area (Å²) in [5.74, 6) is 2.50. The minimum absolute atomic E-state index is 0.0620. The Morgan fingerprint density at radius 1 is 1.24 bits per heavy atom. The average Bonchev–Trinajstić information content (AvgIpc) is 2.90. The van der Waals surface area contributed by atoms with E-state index < -0.39 is 5.60 Å². The van der Waals surface area contributed by atoms with Crippen LogP contribution in [0.3, 0.4) is 0 Å². The first-order valence-electron chi connectivity index (χ1n) is 8.92. The average molecular weight is 292 g/mol. The smallest absolute Gasteiger partial charge is 0.0805 e. The van der Waals surface area contributed by atoms with Crippen molar-refractivity contribution in [3.8, 4) is 0 Å². The molecule has 0 amide bonds. The molecule has 120 valence electrons. The third kappa shape index (κ3) is 2.82. The van der Waals surface area contributed by atoms with Crippen LogP contribution < -0.4 is 0 Å². The second-order valence-electron chi connectivity index (χ2n) is 8.65. The Bertz CT molecular complexity index is 414. The number of aliphatic hydroxyl groups excluding tert-OH is 1. The Balaban J connectivity index is 1.65. The summed E-state index contributed by atoms with van der Waals surface area (Å²) in [5.41, 5.74) is -0.241. The molecule has 0 aliphatic heterocycles. The highest BCUT2D eigenvalue weighted by molar-refractivity contribution is 5.11. The Hall–Kier alpha value is -0.340. The van der Waals surface area contributed by atoms with Gasteiger partial charge < -0.3 is 10.2 Å². The van der Waals surface area contributed by atoms with E-state index in [1.54, 1.807) is 0 Å². The Kier molecular flexibility index (Phi) is 3.99. The van der Waals surface area contributed by atoms with Crippen LogP contribution >= 0.6 is 0 Å². The molecule has 2 fully saturated rings. The zero-order valence-electron chi connectivity index (χ0n) is 13.9. The molecule has 3 rings (SSSR count). The van der Waals surface area contributed by atoms with Crippen molar-refractivity contribution in [2.45, 2.75) is 77.4 Å². The van der Waals surface area contributed by atoms with Crippen LogP contribution in [-0.4, -0.2) is 21.9 Å². The van der Waals surface area contributed by atoms with E-state index in [4.69, 9.17) is 0 Å². The van der Waals surface area contributed by atoms with Gasteiger partial charge in [-0.15, -0.1) is 0 Å². The van der Waals surface area contributed by atoms with Crippen LogP contribution in [0.25, 0.3) is 0 Å². The highest BCUT2D eigenvalue weighted by atomic mass is 16.3. The number of rotatable bonds is 3. The van der Waals surface area contributed by atoms with Crippen LogP contribution in [0.1, 0.15) is 65.7 Å². The van der Waals surface area contributed by atoms with Gasteiger partial charge in [-0.3, -0.25) is 0 Å². The number of hydrogen-bond acceptors (Lipinski definition) is 2. The molecule has 0 radical (unpaired) electrons. The summed E-state index contributed by atoms with van der Waals surface area (Å²) in [4.78, 5) is 0. The van der Waals surface area contributed by atoms with Gasteiger partial charge in [0.1, 0.15) is 0 Å². The van der Waals surface area contributed by atoms with E-state index in [-0.39, 0.29) is 6.10 Å². The molecule has 4 unspecified atom stereocenters. The van der Waals surface area contributed by atoms with Gasteiger partial charge in [-0.05, 0) is 74.5 Å². The summed E-state index contributed by atoms with van der Waals surface area (Å²) < 4.78 is 0. The first-order valence-corrected chi connectivity index (χ1v) is 8.92. The third-order valence-corrected chi connectivity index (χ3v) is 6.93. The maximum absolute atomic E-state index is 10.4. The van der Waals surface area contributed by atoms with Gasteiger partial charge in [0.05, 0.1) is 11.7 Å². The van der Waals surface area contributed by atoms with Crippen molar-refractivity contribution in [3.63, 3.8) is 0 Å². The molecule has 0 heterocycles. The zero-order valence-corrected chi connectivity index (χ0v) is 13.9. The van der Waals surface area contributed by atoms with E-state index in [1.165, 1.54) is 32.1 Å². The monoisotopic (exact) mass is 292 g/mol. The minimum atomic E-state index is -0.590. The van der Waals surface area contributed by atoms with E-state index in [2.05, 4.69) is 19.9 Å². The molecule has 2 N–H and O–H groups in total. The number of allylic oxidation sites excluding steroid dienone is 1. The topological polar surface area (TPSA) is 40.5 Å². The van der Waals surface area contributed by atoms with Gasteiger partial charge >= 0.3 is 0 Å². The van der Waals surface area contributed by atoms with Crippen LogP contribution in [-0.2, 0) is 0 Å². The Morgan fingerprint density at radius 2 is 2.00 bits per heavy atom. The summed E-state index contributed by atoms with van der Waals surface area (Å²) in [6.45, 7) is 6.76. The van der Waals surface area contributed by atoms with Crippen LogP contribution in [0, 0.1) is 29.1 Å². The largest absolute Gasteiger partial charge is 0.393 e. The fourth-order valence-corrected chi connectivity index (χ4v) is 5.94. The summed E-state index contributed by atoms with van der Waals surface area (Å²) in [6.07, 6.45) is 12.2. The van der Waals surface area contributed by atoms with Gasteiger partial charge in [0, 0.05) is 0 Å². The van der Waals surface area contributed by atoms with Crippen LogP contribution in [0.4, 0.5) is 0 Å². The van der Waals surface area contributed by atoms with E-state index in [0.717, 1.165) is 18.8 Å². The number of aliphatic hydroxyl groups is 2. The van der Waals surface area contributed by atoms with Crippen molar-refractivity contribution in [2.75, 3.05) is 0 Å². The highest BCUT2D eigenvalue weighted by Gasteiger charge is 2.52. The summed E-state index contributed by atoms with van der Waals surface area (Å²) >= 11 is 0. The van der Waals surface area contributed by atoms with E-state index in [9.17, 15) is 10.2 Å². The maximum Gasteiger partial charge on any atom is 0.0805 e. The molecule has 2 nitrogen and oxygen atoms in total. The molecule has 21 heavy (non-hydrogen) atoms. The highest BCUT2D eigenvalue weighted by Crippen LogP contribution is 2.58. The molecule has 3 aliphatic rings. The SMILES string of the molecule is C[C@H](CC1C=CC(C)(O)C1)C1CC[C@H]2C(O)CCC[C@]12C. The van der Waals surface area contributed by atoms with Gasteiger partial charge in [0.25, 0.3) is 0 Å². The number of hydrogen-bond donors (Lipinski definition) is 2. The van der Waals surface area contributed by atoms with Gasteiger partial charge in [-0.1, -0.05) is 32.4 Å². The molecule has 0 aromatic heterocycles. The Morgan fingerprint density at radius 3 is 2.67 bits per heavy atom. The van der Waals surface area contributed by atoms with E-state index >= 15 is 0 Å². The predicted molar refractivity (Wildman–Crippen MR) is 85.8 cm³/mol. The zero-order chi connectivity index (χ0) is 15.3. The maximum atomic E-state index is 10.4. The van der Waals surface area contributed by atoms with Gasteiger partial charge in [-0.2, -0.15) is 0 Å². The second kappa shape index (κ2) is 5.38. The summed E-state index contributed by atoms with van der Waals surface area (Å²) in [5, 5.41) is 20.4. The van der Waals surface area contributed by atoms with Crippen LogP contribution in [0.15, 0.2) is 12.2 Å². The van der Waals surface area contributed by atoms with Gasteiger partial charge in [0.15, 0.2) is 0 Å². The quantitative estimate of drug-likeness (QED) is 0.774. The molecule has 2 saturated carbocycles. The normalized spacial score (nSPS) is 51.1. The van der Waals surface area contributed by atoms with Crippen LogP contribution in [0.2, 0.25) is 0 Å². The predicted octanol–water partition coefficient (Wildman–Crippen LogP) is 3.92. The molecule has 0 aromatic rings. The molecule has 0 spiro atoms. The van der Waals surface area contributed by atoms with E-state index in [0.29, 0.717) is 23.2 Å². The summed E-state index contributed by atoms with van der Waals surface area (Å²) in [7, 11) is 0. The van der Waals surface area contributed by atoms with Crippen LogP contribution in [0.5, 0.6) is 0 Å². The fourth-order valence-electron chi connectivity index (χ4n) is 5.94. The minimum Gasteiger partial charge on any atom is -0.393 e. The lowest BCUT2D eigenvalue weighted by molar-refractivity contribution is -0.0289. The molecule has 3 aliphatic carbocycles. The van der Waals surface area contributed by atoms with Crippen molar-refractivity contribution in [2.24, 2.45) is 29.1 Å². The van der Waals surface area contributed by atoms with Crippen molar-refractivity contribution in [3.05, 3.63) is 12.2 Å². The second-order valence-corrected chi connectivity index (χ2v) is 8.65. The Labute approximate surface area is 129 Å². The molecular weight excluding hydrogens is 260 g/mol. The lowest BCUT2D eigenvalue weighted by Crippen LogP contribution is -2.41. The lowest BCUT2D eigenvalue weighted by Gasteiger charge is -2.45.